The fraction of sp³-hybridized carbons (Fsp3) is 0.538. The summed E-state index contributed by atoms with van der Waals surface area (Å²) < 4.78 is 5.37. The van der Waals surface area contributed by atoms with Crippen LogP contribution in [0.1, 0.15) is 31.2 Å². The second-order valence-corrected chi connectivity index (χ2v) is 5.84. The lowest BCUT2D eigenvalue weighted by molar-refractivity contribution is 0.430. The van der Waals surface area contributed by atoms with Crippen LogP contribution in [-0.4, -0.2) is 23.2 Å². The Balaban J connectivity index is 1.84. The van der Waals surface area contributed by atoms with Crippen LogP contribution in [0.25, 0.3) is 10.8 Å². The van der Waals surface area contributed by atoms with Crippen LogP contribution in [0.4, 0.5) is 11.6 Å². The minimum Gasteiger partial charge on any atom is -0.397 e. The Morgan fingerprint density at radius 3 is 2.63 bits per heavy atom. The van der Waals surface area contributed by atoms with Crippen LogP contribution in [0.2, 0.25) is 0 Å². The van der Waals surface area contributed by atoms with Crippen LogP contribution < -0.4 is 10.6 Å². The zero-order valence-electron chi connectivity index (χ0n) is 11.1. The number of rotatable bonds is 2. The van der Waals surface area contributed by atoms with Gasteiger partial charge in [-0.2, -0.15) is 4.98 Å². The lowest BCUT2D eigenvalue weighted by atomic mass is 10.2. The van der Waals surface area contributed by atoms with E-state index >= 15 is 0 Å². The number of nitrogen functional groups attached to an aromatic ring is 1. The summed E-state index contributed by atoms with van der Waals surface area (Å²) in [6.45, 7) is 4.01. The second kappa shape index (κ2) is 5.21. The van der Waals surface area contributed by atoms with Crippen molar-refractivity contribution in [1.82, 2.24) is 10.1 Å². The Labute approximate surface area is 116 Å². The molecule has 0 spiro atoms. The van der Waals surface area contributed by atoms with E-state index in [-0.39, 0.29) is 0 Å². The van der Waals surface area contributed by atoms with E-state index in [1.54, 1.807) is 11.3 Å². The topological polar surface area (TPSA) is 68.2 Å². The fourth-order valence-electron chi connectivity index (χ4n) is 2.33. The summed E-state index contributed by atoms with van der Waals surface area (Å²) in [7, 11) is 0. The monoisotopic (exact) mass is 278 g/mol. The third-order valence-corrected chi connectivity index (χ3v) is 4.62. The van der Waals surface area contributed by atoms with Gasteiger partial charge in [0.2, 0.25) is 0 Å². The summed E-state index contributed by atoms with van der Waals surface area (Å²) >= 11 is 1.55. The van der Waals surface area contributed by atoms with E-state index in [4.69, 9.17) is 10.3 Å². The molecule has 0 atom stereocenters. The van der Waals surface area contributed by atoms with Crippen molar-refractivity contribution in [2.45, 2.75) is 32.6 Å². The Bertz CT molecular complexity index is 555. The van der Waals surface area contributed by atoms with Gasteiger partial charge >= 0.3 is 0 Å². The van der Waals surface area contributed by atoms with Crippen molar-refractivity contribution < 1.29 is 4.52 Å². The Morgan fingerprint density at radius 1 is 1.26 bits per heavy atom. The van der Waals surface area contributed by atoms with Gasteiger partial charge < -0.3 is 15.2 Å². The van der Waals surface area contributed by atoms with Crippen molar-refractivity contribution in [2.75, 3.05) is 23.7 Å². The number of nitrogens with two attached hydrogens (primary N) is 1. The normalized spacial score (nSPS) is 16.6. The van der Waals surface area contributed by atoms with E-state index in [0.717, 1.165) is 29.2 Å². The van der Waals surface area contributed by atoms with Crippen LogP contribution in [0, 0.1) is 6.92 Å². The molecule has 0 aromatic carbocycles. The lowest BCUT2D eigenvalue weighted by Gasteiger charge is -2.16. The van der Waals surface area contributed by atoms with E-state index in [9.17, 15) is 0 Å². The van der Waals surface area contributed by atoms with E-state index in [2.05, 4.69) is 15.0 Å². The third-order valence-electron chi connectivity index (χ3n) is 3.52. The van der Waals surface area contributed by atoms with E-state index in [1.165, 1.54) is 25.7 Å². The number of aryl methyl sites for hydroxylation is 1. The third kappa shape index (κ3) is 2.45. The van der Waals surface area contributed by atoms with Crippen molar-refractivity contribution in [3.63, 3.8) is 0 Å². The van der Waals surface area contributed by atoms with Gasteiger partial charge in [0.25, 0.3) is 11.8 Å². The summed E-state index contributed by atoms with van der Waals surface area (Å²) in [5.74, 6) is 1.23. The number of hydrogen-bond acceptors (Lipinski definition) is 6. The molecule has 1 aliphatic heterocycles. The molecule has 2 aromatic rings. The molecule has 1 saturated heterocycles. The summed E-state index contributed by atoms with van der Waals surface area (Å²) in [5.41, 5.74) is 7.83. The highest BCUT2D eigenvalue weighted by atomic mass is 32.1. The van der Waals surface area contributed by atoms with Gasteiger partial charge in [-0.05, 0) is 35.9 Å². The van der Waals surface area contributed by atoms with Gasteiger partial charge in [-0.25, -0.2) is 0 Å². The van der Waals surface area contributed by atoms with Gasteiger partial charge in [0.15, 0.2) is 0 Å². The van der Waals surface area contributed by atoms with Crippen LogP contribution in [0.15, 0.2) is 9.90 Å². The minimum atomic E-state index is 0.537. The molecule has 0 amide bonds. The van der Waals surface area contributed by atoms with E-state index in [1.807, 2.05) is 12.3 Å². The van der Waals surface area contributed by atoms with Gasteiger partial charge in [0.05, 0.1) is 5.69 Å². The maximum Gasteiger partial charge on any atom is 0.271 e. The molecule has 0 bridgehead atoms. The van der Waals surface area contributed by atoms with Crippen molar-refractivity contribution in [2.24, 2.45) is 0 Å². The summed E-state index contributed by atoms with van der Waals surface area (Å²) in [6.07, 6.45) is 4.98. The first-order chi connectivity index (χ1) is 9.25. The highest BCUT2D eigenvalue weighted by molar-refractivity contribution is 7.14. The summed E-state index contributed by atoms with van der Waals surface area (Å²) in [4.78, 5) is 7.58. The molecule has 2 N–H and O–H groups in total. The SMILES string of the molecule is Cc1csc(-c2nc(N3CCCCCC3)no2)c1N. The fourth-order valence-corrected chi connectivity index (χ4v) is 3.22. The van der Waals surface area contributed by atoms with E-state index < -0.39 is 0 Å². The number of aromatic nitrogens is 2. The van der Waals surface area contributed by atoms with Crippen molar-refractivity contribution in [3.8, 4) is 10.8 Å². The number of thiophene rings is 1. The van der Waals surface area contributed by atoms with Crippen LogP contribution in [-0.2, 0) is 0 Å². The standard InChI is InChI=1S/C13H18N4OS/c1-9-8-19-11(10(9)14)12-15-13(16-18-12)17-6-4-2-3-5-7-17/h8H,2-7,14H2,1H3. The van der Waals surface area contributed by atoms with Crippen molar-refractivity contribution in [3.05, 3.63) is 10.9 Å². The maximum absolute atomic E-state index is 6.02. The van der Waals surface area contributed by atoms with Gasteiger partial charge in [0.1, 0.15) is 4.88 Å². The Morgan fingerprint density at radius 2 is 2.00 bits per heavy atom. The molecule has 1 fully saturated rings. The summed E-state index contributed by atoms with van der Waals surface area (Å²) in [6, 6.07) is 0. The highest BCUT2D eigenvalue weighted by Gasteiger charge is 2.19. The first-order valence-corrected chi connectivity index (χ1v) is 7.56. The molecule has 0 unspecified atom stereocenters. The van der Waals surface area contributed by atoms with Crippen molar-refractivity contribution >= 4 is 23.0 Å². The smallest absolute Gasteiger partial charge is 0.271 e. The Kier molecular flexibility index (Phi) is 3.42. The molecule has 3 heterocycles. The predicted molar refractivity (Wildman–Crippen MR) is 77.4 cm³/mol. The molecule has 1 aliphatic rings. The molecule has 102 valence electrons. The zero-order valence-corrected chi connectivity index (χ0v) is 11.9. The molecular formula is C13H18N4OS. The van der Waals surface area contributed by atoms with Gasteiger partial charge in [0, 0.05) is 13.1 Å². The Hall–Kier alpha value is -1.56. The molecule has 2 aromatic heterocycles. The molecule has 6 heteroatoms. The number of anilines is 2. The van der Waals surface area contributed by atoms with Crippen molar-refractivity contribution in [1.29, 1.82) is 0 Å². The van der Waals surface area contributed by atoms with Crippen LogP contribution >= 0.6 is 11.3 Å². The van der Waals surface area contributed by atoms with Gasteiger partial charge in [-0.15, -0.1) is 11.3 Å². The van der Waals surface area contributed by atoms with Gasteiger partial charge in [-0.1, -0.05) is 12.8 Å². The molecule has 5 nitrogen and oxygen atoms in total. The van der Waals surface area contributed by atoms with Crippen LogP contribution in [0.3, 0.4) is 0 Å². The molecule has 0 aliphatic carbocycles. The zero-order chi connectivity index (χ0) is 13.2. The van der Waals surface area contributed by atoms with Gasteiger partial charge in [-0.3, -0.25) is 0 Å². The molecular weight excluding hydrogens is 260 g/mol. The second-order valence-electron chi connectivity index (χ2n) is 4.96. The molecule has 19 heavy (non-hydrogen) atoms. The molecule has 0 saturated carbocycles. The van der Waals surface area contributed by atoms with E-state index in [0.29, 0.717) is 11.8 Å². The first kappa shape index (κ1) is 12.5. The number of hydrogen-bond donors (Lipinski definition) is 1. The largest absolute Gasteiger partial charge is 0.397 e. The maximum atomic E-state index is 6.02. The van der Waals surface area contributed by atoms with Crippen LogP contribution in [0.5, 0.6) is 0 Å². The molecule has 3 rings (SSSR count). The molecule has 0 radical (unpaired) electrons. The predicted octanol–water partition coefficient (Wildman–Crippen LogP) is 3.07. The lowest BCUT2D eigenvalue weighted by Crippen LogP contribution is -2.24. The highest BCUT2D eigenvalue weighted by Crippen LogP contribution is 2.34. The first-order valence-electron chi connectivity index (χ1n) is 6.68. The average Bonchev–Trinajstić information content (AvgIpc) is 2.90. The quantitative estimate of drug-likeness (QED) is 0.914. The summed E-state index contributed by atoms with van der Waals surface area (Å²) in [5, 5.41) is 6.11. The average molecular weight is 278 g/mol. The minimum absolute atomic E-state index is 0.537. The number of nitrogens with zero attached hydrogens (tertiary/aromatic N) is 3.